The zero-order valence-corrected chi connectivity index (χ0v) is 17.7. The number of rotatable bonds is 6. The molecule has 0 spiro atoms. The van der Waals surface area contributed by atoms with Gasteiger partial charge in [-0.25, -0.2) is 9.78 Å². The molecule has 2 saturated carbocycles. The van der Waals surface area contributed by atoms with Crippen LogP contribution in [-0.4, -0.2) is 51.0 Å². The van der Waals surface area contributed by atoms with Crippen molar-refractivity contribution in [3.63, 3.8) is 0 Å². The van der Waals surface area contributed by atoms with E-state index in [0.29, 0.717) is 5.13 Å². The highest BCUT2D eigenvalue weighted by Gasteiger charge is 2.33. The first-order valence-electron chi connectivity index (χ1n) is 10.5. The predicted octanol–water partition coefficient (Wildman–Crippen LogP) is 3.85. The molecule has 0 radical (unpaired) electrons. The van der Waals surface area contributed by atoms with Gasteiger partial charge in [-0.3, -0.25) is 14.9 Å². The second-order valence-electron chi connectivity index (χ2n) is 7.99. The summed E-state index contributed by atoms with van der Waals surface area (Å²) in [5.74, 6) is -1.68. The fraction of sp³-hybridized carbons (Fsp3) is 0.700. The van der Waals surface area contributed by atoms with E-state index in [9.17, 15) is 14.4 Å². The van der Waals surface area contributed by atoms with Crippen molar-refractivity contribution in [2.75, 3.05) is 5.32 Å². The molecule has 0 aliphatic heterocycles. The topological polar surface area (TPSA) is 112 Å². The van der Waals surface area contributed by atoms with Crippen molar-refractivity contribution in [2.45, 2.75) is 89.3 Å². The van der Waals surface area contributed by atoms with Gasteiger partial charge in [0.25, 0.3) is 5.91 Å². The van der Waals surface area contributed by atoms with E-state index < -0.39 is 17.9 Å². The molecule has 3 rings (SSSR count). The van der Waals surface area contributed by atoms with Crippen molar-refractivity contribution >= 4 is 34.4 Å². The van der Waals surface area contributed by atoms with Gasteiger partial charge in [-0.1, -0.05) is 38.5 Å². The lowest BCUT2D eigenvalue weighted by Gasteiger charge is -2.41. The second kappa shape index (κ2) is 10.0. The summed E-state index contributed by atoms with van der Waals surface area (Å²) in [4.78, 5) is 42.4. The molecule has 160 valence electrons. The lowest BCUT2D eigenvalue weighted by atomic mass is 9.89. The number of aromatic nitrogens is 1. The highest BCUT2D eigenvalue weighted by Crippen LogP contribution is 2.31. The molecule has 29 heavy (non-hydrogen) atoms. The number of carboxylic acid groups (broad SMARTS) is 1. The number of hydrogen-bond acceptors (Lipinski definition) is 5. The number of anilines is 1. The summed E-state index contributed by atoms with van der Waals surface area (Å²) in [5, 5.41) is 16.1. The average molecular weight is 423 g/mol. The smallest absolute Gasteiger partial charge is 0.325 e. The Morgan fingerprint density at radius 2 is 1.62 bits per heavy atom. The van der Waals surface area contributed by atoms with E-state index in [2.05, 4.69) is 15.6 Å². The lowest BCUT2D eigenvalue weighted by Crippen LogP contribution is -2.50. The largest absolute Gasteiger partial charge is 0.480 e. The van der Waals surface area contributed by atoms with Gasteiger partial charge in [-0.05, 0) is 32.6 Å². The van der Waals surface area contributed by atoms with Gasteiger partial charge in [0.2, 0.25) is 0 Å². The maximum atomic E-state index is 13.2. The summed E-state index contributed by atoms with van der Waals surface area (Å²) >= 11 is 1.17. The zero-order valence-electron chi connectivity index (χ0n) is 16.9. The molecular weight excluding hydrogens is 392 g/mol. The fourth-order valence-corrected chi connectivity index (χ4v) is 4.95. The molecule has 0 bridgehead atoms. The Kier molecular flexibility index (Phi) is 7.46. The summed E-state index contributed by atoms with van der Waals surface area (Å²) in [5.41, 5.74) is 0.111. The van der Waals surface area contributed by atoms with Crippen molar-refractivity contribution in [2.24, 2.45) is 0 Å². The Labute approximate surface area is 175 Å². The SMILES string of the molecule is CC(NC(=O)c1csc(NC(=O)N(C2CCCCC2)C2CCCCC2)n1)C(=O)O. The quantitative estimate of drug-likeness (QED) is 0.645. The van der Waals surface area contributed by atoms with E-state index in [1.165, 1.54) is 36.5 Å². The minimum absolute atomic E-state index is 0.111. The van der Waals surface area contributed by atoms with E-state index in [1.807, 2.05) is 4.90 Å². The summed E-state index contributed by atoms with van der Waals surface area (Å²) < 4.78 is 0. The fourth-order valence-electron chi connectivity index (χ4n) is 4.27. The lowest BCUT2D eigenvalue weighted by molar-refractivity contribution is -0.138. The van der Waals surface area contributed by atoms with Crippen LogP contribution in [0.1, 0.15) is 81.6 Å². The summed E-state index contributed by atoms with van der Waals surface area (Å²) in [6.07, 6.45) is 11.3. The molecule has 1 aromatic heterocycles. The maximum absolute atomic E-state index is 13.2. The van der Waals surface area contributed by atoms with Crippen LogP contribution in [0.15, 0.2) is 5.38 Å². The third-order valence-electron chi connectivity index (χ3n) is 5.84. The van der Waals surface area contributed by atoms with E-state index in [0.717, 1.165) is 51.4 Å². The first kappa shape index (κ1) is 21.5. The van der Waals surface area contributed by atoms with Crippen molar-refractivity contribution < 1.29 is 19.5 Å². The van der Waals surface area contributed by atoms with Crippen molar-refractivity contribution in [1.29, 1.82) is 0 Å². The number of hydrogen-bond donors (Lipinski definition) is 3. The molecule has 2 fully saturated rings. The number of amides is 3. The highest BCUT2D eigenvalue weighted by molar-refractivity contribution is 7.14. The van der Waals surface area contributed by atoms with Gasteiger partial charge >= 0.3 is 12.0 Å². The predicted molar refractivity (Wildman–Crippen MR) is 111 cm³/mol. The van der Waals surface area contributed by atoms with E-state index in [-0.39, 0.29) is 23.8 Å². The number of carboxylic acids is 1. The Bertz CT molecular complexity index is 708. The number of urea groups is 1. The van der Waals surface area contributed by atoms with Crippen molar-refractivity contribution in [3.05, 3.63) is 11.1 Å². The third kappa shape index (κ3) is 5.68. The van der Waals surface area contributed by atoms with Gasteiger partial charge in [0.05, 0.1) is 0 Å². The molecule has 8 nitrogen and oxygen atoms in total. The number of carbonyl (C=O) groups excluding carboxylic acids is 2. The zero-order chi connectivity index (χ0) is 20.8. The first-order valence-corrected chi connectivity index (χ1v) is 11.4. The van der Waals surface area contributed by atoms with Crippen LogP contribution < -0.4 is 10.6 Å². The summed E-state index contributed by atoms with van der Waals surface area (Å²) in [7, 11) is 0. The molecule has 1 heterocycles. The van der Waals surface area contributed by atoms with Crippen LogP contribution in [0.3, 0.4) is 0 Å². The molecule has 0 aromatic carbocycles. The van der Waals surface area contributed by atoms with Crippen molar-refractivity contribution in [3.8, 4) is 0 Å². The summed E-state index contributed by atoms with van der Waals surface area (Å²) in [6.45, 7) is 1.39. The van der Waals surface area contributed by atoms with Crippen molar-refractivity contribution in [1.82, 2.24) is 15.2 Å². The minimum atomic E-state index is -1.11. The highest BCUT2D eigenvalue weighted by atomic mass is 32.1. The Hall–Kier alpha value is -2.16. The number of nitrogens with zero attached hydrogens (tertiary/aromatic N) is 2. The van der Waals surface area contributed by atoms with Crippen LogP contribution in [0.5, 0.6) is 0 Å². The third-order valence-corrected chi connectivity index (χ3v) is 6.60. The van der Waals surface area contributed by atoms with Crippen LogP contribution in [0.4, 0.5) is 9.93 Å². The first-order chi connectivity index (χ1) is 14.0. The Balaban J connectivity index is 1.66. The van der Waals surface area contributed by atoms with Crippen LogP contribution in [0.2, 0.25) is 0 Å². The molecule has 3 amide bonds. The number of nitrogens with one attached hydrogen (secondary N) is 2. The van der Waals surface area contributed by atoms with Crippen LogP contribution >= 0.6 is 11.3 Å². The van der Waals surface area contributed by atoms with Gasteiger partial charge in [-0.15, -0.1) is 11.3 Å². The molecule has 2 aliphatic carbocycles. The second-order valence-corrected chi connectivity index (χ2v) is 8.85. The molecule has 9 heteroatoms. The molecule has 2 aliphatic rings. The van der Waals surface area contributed by atoms with Crippen LogP contribution in [0.25, 0.3) is 0 Å². The monoisotopic (exact) mass is 422 g/mol. The number of aliphatic carboxylic acids is 1. The van der Waals surface area contributed by atoms with Gasteiger partial charge in [0.15, 0.2) is 5.13 Å². The molecular formula is C20H30N4O4S. The van der Waals surface area contributed by atoms with Gasteiger partial charge in [-0.2, -0.15) is 0 Å². The average Bonchev–Trinajstić information content (AvgIpc) is 3.18. The standard InChI is InChI=1S/C20H30N4O4S/c1-13(18(26)27)21-17(25)16-12-29-19(22-16)23-20(28)24(14-8-4-2-5-9-14)15-10-6-3-7-11-15/h12-15H,2-11H2,1H3,(H,21,25)(H,26,27)(H,22,23,28). The Morgan fingerprint density at radius 3 is 2.14 bits per heavy atom. The molecule has 1 atom stereocenters. The van der Waals surface area contributed by atoms with Gasteiger partial charge < -0.3 is 15.3 Å². The van der Waals surface area contributed by atoms with Gasteiger partial charge in [0.1, 0.15) is 11.7 Å². The number of carbonyl (C=O) groups is 3. The molecule has 0 saturated heterocycles. The van der Waals surface area contributed by atoms with E-state index >= 15 is 0 Å². The molecule has 1 aromatic rings. The minimum Gasteiger partial charge on any atom is -0.480 e. The normalized spacial score (nSPS) is 19.3. The maximum Gasteiger partial charge on any atom is 0.325 e. The van der Waals surface area contributed by atoms with Gasteiger partial charge in [0, 0.05) is 17.5 Å². The molecule has 1 unspecified atom stereocenters. The van der Waals surface area contributed by atoms with E-state index in [4.69, 9.17) is 5.11 Å². The molecule has 3 N–H and O–H groups in total. The number of thiazole rings is 1. The Morgan fingerprint density at radius 1 is 1.07 bits per heavy atom. The summed E-state index contributed by atoms with van der Waals surface area (Å²) in [6, 6.07) is -0.601. The van der Waals surface area contributed by atoms with Crippen LogP contribution in [-0.2, 0) is 4.79 Å². The van der Waals surface area contributed by atoms with Crippen LogP contribution in [0, 0.1) is 0 Å². The van der Waals surface area contributed by atoms with E-state index in [1.54, 1.807) is 0 Å².